The monoisotopic (exact) mass is 252 g/mol. The number of rotatable bonds is 6. The Bertz CT molecular complexity index is 464. The number of aromatic nitrogens is 1. The predicted molar refractivity (Wildman–Crippen MR) is 64.6 cm³/mol. The number of hydrogen-bond acceptors (Lipinski definition) is 3. The Balaban J connectivity index is 2.74. The fraction of sp³-hybridized carbons (Fsp3) is 0.417. The van der Waals surface area contributed by atoms with Crippen LogP contribution in [0.25, 0.3) is 0 Å². The quantitative estimate of drug-likeness (QED) is 0.662. The summed E-state index contributed by atoms with van der Waals surface area (Å²) >= 11 is 0. The van der Waals surface area contributed by atoms with Gasteiger partial charge >= 0.3 is 5.97 Å². The van der Waals surface area contributed by atoms with E-state index in [1.165, 1.54) is 19.2 Å². The van der Waals surface area contributed by atoms with Gasteiger partial charge in [-0.1, -0.05) is 13.3 Å². The van der Waals surface area contributed by atoms with Crippen LogP contribution in [-0.4, -0.2) is 33.8 Å². The van der Waals surface area contributed by atoms with Gasteiger partial charge in [0.1, 0.15) is 11.7 Å². The Morgan fingerprint density at radius 1 is 1.44 bits per heavy atom. The molecule has 0 fully saturated rings. The second-order valence-electron chi connectivity index (χ2n) is 4.01. The topological polar surface area (TPSA) is 99.3 Å². The molecule has 1 amide bonds. The zero-order valence-corrected chi connectivity index (χ0v) is 10.3. The summed E-state index contributed by atoms with van der Waals surface area (Å²) in [7, 11) is 0. The molecular formula is C12H16N2O4. The van der Waals surface area contributed by atoms with Crippen molar-refractivity contribution < 1.29 is 19.5 Å². The molecule has 1 heterocycles. The van der Waals surface area contributed by atoms with Crippen molar-refractivity contribution in [1.29, 1.82) is 0 Å². The second kappa shape index (κ2) is 6.00. The molecule has 0 saturated heterocycles. The number of hydrogen-bond donors (Lipinski definition) is 3. The van der Waals surface area contributed by atoms with Gasteiger partial charge in [-0.15, -0.1) is 0 Å². The first-order valence-corrected chi connectivity index (χ1v) is 5.68. The molecule has 0 aliphatic carbocycles. The first-order valence-electron chi connectivity index (χ1n) is 5.68. The van der Waals surface area contributed by atoms with E-state index in [4.69, 9.17) is 5.11 Å². The van der Waals surface area contributed by atoms with E-state index >= 15 is 0 Å². The number of aliphatic carboxylic acids is 1. The Morgan fingerprint density at radius 2 is 2.11 bits per heavy atom. The smallest absolute Gasteiger partial charge is 0.326 e. The molecule has 1 aromatic heterocycles. The standard InChI is InChI=1S/C12H16N2O4/c1-3-4-9(12(17)18)14-11(16)10-5-8(6-13-10)7(2)15/h5-6,9,13H,3-4H2,1-2H3,(H,14,16)(H,17,18). The highest BCUT2D eigenvalue weighted by atomic mass is 16.4. The maximum atomic E-state index is 11.8. The number of amides is 1. The lowest BCUT2D eigenvalue weighted by atomic mass is 10.1. The number of carboxylic acids is 1. The zero-order valence-electron chi connectivity index (χ0n) is 10.3. The average molecular weight is 252 g/mol. The maximum absolute atomic E-state index is 11.8. The van der Waals surface area contributed by atoms with Crippen LogP contribution in [0.2, 0.25) is 0 Å². The number of carbonyl (C=O) groups is 3. The summed E-state index contributed by atoms with van der Waals surface area (Å²) in [5.41, 5.74) is 0.574. The first kappa shape index (κ1) is 14.0. The summed E-state index contributed by atoms with van der Waals surface area (Å²) in [5, 5.41) is 11.3. The third kappa shape index (κ3) is 3.44. The van der Waals surface area contributed by atoms with Gasteiger partial charge < -0.3 is 15.4 Å². The lowest BCUT2D eigenvalue weighted by Gasteiger charge is -2.12. The summed E-state index contributed by atoms with van der Waals surface area (Å²) < 4.78 is 0. The third-order valence-corrected chi connectivity index (χ3v) is 2.51. The number of carboxylic acid groups (broad SMARTS) is 1. The van der Waals surface area contributed by atoms with Gasteiger partial charge in [-0.2, -0.15) is 0 Å². The SMILES string of the molecule is CCCC(NC(=O)c1cc(C(C)=O)c[nH]1)C(=O)O. The Kier molecular flexibility index (Phi) is 4.65. The normalized spacial score (nSPS) is 11.9. The van der Waals surface area contributed by atoms with Crippen LogP contribution in [0, 0.1) is 0 Å². The van der Waals surface area contributed by atoms with Crippen molar-refractivity contribution in [3.05, 3.63) is 23.5 Å². The second-order valence-corrected chi connectivity index (χ2v) is 4.01. The molecule has 1 rings (SSSR count). The number of H-pyrrole nitrogens is 1. The molecule has 6 nitrogen and oxygen atoms in total. The molecular weight excluding hydrogens is 236 g/mol. The van der Waals surface area contributed by atoms with Gasteiger partial charge in [0.15, 0.2) is 5.78 Å². The van der Waals surface area contributed by atoms with Gasteiger partial charge in [0.2, 0.25) is 0 Å². The molecule has 6 heteroatoms. The van der Waals surface area contributed by atoms with Crippen molar-refractivity contribution in [2.75, 3.05) is 0 Å². The van der Waals surface area contributed by atoms with E-state index < -0.39 is 17.9 Å². The molecule has 0 saturated carbocycles. The van der Waals surface area contributed by atoms with Gasteiger partial charge in [-0.05, 0) is 19.4 Å². The lowest BCUT2D eigenvalue weighted by Crippen LogP contribution is -2.40. The van der Waals surface area contributed by atoms with Crippen molar-refractivity contribution in [3.8, 4) is 0 Å². The summed E-state index contributed by atoms with van der Waals surface area (Å²) in [6.45, 7) is 3.23. The largest absolute Gasteiger partial charge is 0.480 e. The highest BCUT2D eigenvalue weighted by Crippen LogP contribution is 2.05. The minimum atomic E-state index is -1.07. The highest BCUT2D eigenvalue weighted by molar-refractivity contribution is 6.00. The molecule has 0 aromatic carbocycles. The highest BCUT2D eigenvalue weighted by Gasteiger charge is 2.20. The molecule has 1 unspecified atom stereocenters. The van der Waals surface area contributed by atoms with Crippen LogP contribution in [0.3, 0.4) is 0 Å². The zero-order chi connectivity index (χ0) is 13.7. The fourth-order valence-electron chi connectivity index (χ4n) is 1.51. The molecule has 98 valence electrons. The van der Waals surface area contributed by atoms with Crippen molar-refractivity contribution in [2.45, 2.75) is 32.7 Å². The summed E-state index contributed by atoms with van der Waals surface area (Å²) in [5.74, 6) is -1.75. The maximum Gasteiger partial charge on any atom is 0.326 e. The van der Waals surface area contributed by atoms with Crippen LogP contribution >= 0.6 is 0 Å². The van der Waals surface area contributed by atoms with E-state index in [-0.39, 0.29) is 11.5 Å². The van der Waals surface area contributed by atoms with Crippen LogP contribution in [0.4, 0.5) is 0 Å². The number of carbonyl (C=O) groups excluding carboxylic acids is 2. The summed E-state index contributed by atoms with van der Waals surface area (Å²) in [6.07, 6.45) is 2.44. The Labute approximate surface area is 104 Å². The van der Waals surface area contributed by atoms with E-state index in [0.717, 1.165) is 0 Å². The van der Waals surface area contributed by atoms with E-state index in [1.54, 1.807) is 0 Å². The molecule has 18 heavy (non-hydrogen) atoms. The van der Waals surface area contributed by atoms with Crippen molar-refractivity contribution >= 4 is 17.7 Å². The molecule has 0 bridgehead atoms. The first-order chi connectivity index (χ1) is 8.45. The molecule has 0 spiro atoms. The predicted octanol–water partition coefficient (Wildman–Crippen LogP) is 1.20. The van der Waals surface area contributed by atoms with E-state index in [0.29, 0.717) is 18.4 Å². The molecule has 0 radical (unpaired) electrons. The van der Waals surface area contributed by atoms with Gasteiger partial charge in [-0.3, -0.25) is 9.59 Å². The molecule has 1 aromatic rings. The average Bonchev–Trinajstić information content (AvgIpc) is 2.77. The summed E-state index contributed by atoms with van der Waals surface area (Å²) in [6, 6.07) is 0.495. The van der Waals surface area contributed by atoms with Crippen LogP contribution in [0.15, 0.2) is 12.3 Å². The number of nitrogens with one attached hydrogen (secondary N) is 2. The number of Topliss-reactive ketones (excluding diaryl/α,β-unsaturated/α-hetero) is 1. The van der Waals surface area contributed by atoms with E-state index in [2.05, 4.69) is 10.3 Å². The minimum Gasteiger partial charge on any atom is -0.480 e. The minimum absolute atomic E-state index is 0.159. The van der Waals surface area contributed by atoms with E-state index in [9.17, 15) is 14.4 Å². The van der Waals surface area contributed by atoms with Crippen LogP contribution < -0.4 is 5.32 Å². The van der Waals surface area contributed by atoms with Crippen molar-refractivity contribution in [3.63, 3.8) is 0 Å². The van der Waals surface area contributed by atoms with Gasteiger partial charge in [0, 0.05) is 11.8 Å². The van der Waals surface area contributed by atoms with Gasteiger partial charge in [-0.25, -0.2) is 4.79 Å². The fourth-order valence-corrected chi connectivity index (χ4v) is 1.51. The Hall–Kier alpha value is -2.11. The lowest BCUT2D eigenvalue weighted by molar-refractivity contribution is -0.139. The van der Waals surface area contributed by atoms with Crippen LogP contribution in [-0.2, 0) is 4.79 Å². The third-order valence-electron chi connectivity index (χ3n) is 2.51. The summed E-state index contributed by atoms with van der Waals surface area (Å²) in [4.78, 5) is 36.4. The molecule has 0 aliphatic rings. The molecule has 1 atom stereocenters. The molecule has 0 aliphatic heterocycles. The Morgan fingerprint density at radius 3 is 2.56 bits per heavy atom. The number of aromatic amines is 1. The molecule has 3 N–H and O–H groups in total. The van der Waals surface area contributed by atoms with Crippen LogP contribution in [0.1, 0.15) is 47.5 Å². The van der Waals surface area contributed by atoms with Crippen molar-refractivity contribution in [1.82, 2.24) is 10.3 Å². The van der Waals surface area contributed by atoms with Gasteiger partial charge in [0.05, 0.1) is 0 Å². The van der Waals surface area contributed by atoms with Crippen LogP contribution in [0.5, 0.6) is 0 Å². The number of ketones is 1. The van der Waals surface area contributed by atoms with E-state index in [1.807, 2.05) is 6.92 Å². The van der Waals surface area contributed by atoms with Gasteiger partial charge in [0.25, 0.3) is 5.91 Å². The van der Waals surface area contributed by atoms with Crippen molar-refractivity contribution in [2.24, 2.45) is 0 Å².